The van der Waals surface area contributed by atoms with E-state index in [1.165, 1.54) is 11.3 Å². The van der Waals surface area contributed by atoms with Crippen molar-refractivity contribution in [3.8, 4) is 22.1 Å². The molecule has 0 aliphatic heterocycles. The molecule has 8 heteroatoms. The average Bonchev–Trinajstić information content (AvgIpc) is 3.37. The first-order chi connectivity index (χ1) is 15.5. The van der Waals surface area contributed by atoms with Crippen molar-refractivity contribution in [1.29, 1.82) is 0 Å². The Kier molecular flexibility index (Phi) is 6.14. The molecule has 0 aliphatic rings. The number of methoxy groups -OCH3 is 2. The van der Waals surface area contributed by atoms with Crippen LogP contribution in [0.5, 0.6) is 11.5 Å². The highest BCUT2D eigenvalue weighted by Gasteiger charge is 2.22. The zero-order chi connectivity index (χ0) is 22.8. The van der Waals surface area contributed by atoms with Gasteiger partial charge < -0.3 is 18.9 Å². The van der Waals surface area contributed by atoms with Crippen molar-refractivity contribution < 1.29 is 14.3 Å². The number of thiazole rings is 1. The van der Waals surface area contributed by atoms with E-state index in [1.54, 1.807) is 26.2 Å². The van der Waals surface area contributed by atoms with Gasteiger partial charge in [0.1, 0.15) is 15.7 Å². The zero-order valence-corrected chi connectivity index (χ0v) is 19.7. The number of imidazole rings is 1. The van der Waals surface area contributed by atoms with Crippen LogP contribution in [0.4, 0.5) is 0 Å². The maximum atomic E-state index is 13.3. The summed E-state index contributed by atoms with van der Waals surface area (Å²) in [6.07, 6.45) is 0. The van der Waals surface area contributed by atoms with Gasteiger partial charge in [-0.05, 0) is 44.2 Å². The number of nitrogens with zero attached hydrogens (tertiary/aromatic N) is 4. The van der Waals surface area contributed by atoms with E-state index in [0.29, 0.717) is 28.6 Å². The number of benzene rings is 2. The lowest BCUT2D eigenvalue weighted by atomic mass is 10.2. The summed E-state index contributed by atoms with van der Waals surface area (Å²) in [6, 6.07) is 13.7. The van der Waals surface area contributed by atoms with Gasteiger partial charge in [-0.1, -0.05) is 12.1 Å². The first-order valence-corrected chi connectivity index (χ1v) is 11.2. The van der Waals surface area contributed by atoms with Crippen LogP contribution in [-0.2, 0) is 13.1 Å². The molecular weight excluding hydrogens is 424 g/mol. The van der Waals surface area contributed by atoms with Crippen LogP contribution in [0.15, 0.2) is 42.5 Å². The van der Waals surface area contributed by atoms with Gasteiger partial charge >= 0.3 is 0 Å². The molecule has 0 aliphatic carbocycles. The first kappa shape index (κ1) is 21.8. The monoisotopic (exact) mass is 450 g/mol. The molecule has 0 saturated carbocycles. The number of hydrogen-bond donors (Lipinski definition) is 0. The third-order valence-corrected chi connectivity index (χ3v) is 6.59. The summed E-state index contributed by atoms with van der Waals surface area (Å²) in [6.45, 7) is 5.16. The highest BCUT2D eigenvalue weighted by Crippen LogP contribution is 2.35. The fourth-order valence-corrected chi connectivity index (χ4v) is 4.80. The Morgan fingerprint density at radius 1 is 1.09 bits per heavy atom. The minimum absolute atomic E-state index is 0.0681. The standard InChI is InChI=1S/C24H26N4O3S/c1-6-28-18-10-8-7-9-17(18)26-21(28)14-27(3)24(29)22-15(2)25-23(32-22)16-11-12-19(30-4)20(13-16)31-5/h7-13H,6,14H2,1-5H3. The molecule has 0 fully saturated rings. The molecule has 2 aromatic heterocycles. The van der Waals surface area contributed by atoms with Crippen LogP contribution in [0.3, 0.4) is 0 Å². The Balaban J connectivity index is 1.60. The molecule has 7 nitrogen and oxygen atoms in total. The van der Waals surface area contributed by atoms with Gasteiger partial charge in [-0.15, -0.1) is 11.3 Å². The summed E-state index contributed by atoms with van der Waals surface area (Å²) in [5, 5.41) is 0.765. The number of para-hydroxylation sites is 2. The summed E-state index contributed by atoms with van der Waals surface area (Å²) in [7, 11) is 5.00. The van der Waals surface area contributed by atoms with E-state index in [-0.39, 0.29) is 5.91 Å². The van der Waals surface area contributed by atoms with Crippen molar-refractivity contribution >= 4 is 28.3 Å². The maximum absolute atomic E-state index is 13.3. The lowest BCUT2D eigenvalue weighted by Gasteiger charge is -2.17. The van der Waals surface area contributed by atoms with Crippen molar-refractivity contribution in [3.05, 3.63) is 58.9 Å². The van der Waals surface area contributed by atoms with Gasteiger partial charge in [-0.25, -0.2) is 9.97 Å². The molecule has 0 saturated heterocycles. The highest BCUT2D eigenvalue weighted by atomic mass is 32.1. The number of carbonyl (C=O) groups excluding carboxylic acids is 1. The minimum atomic E-state index is -0.0681. The molecule has 0 unspecified atom stereocenters. The van der Waals surface area contributed by atoms with Crippen LogP contribution in [0.25, 0.3) is 21.6 Å². The number of aryl methyl sites for hydroxylation is 2. The predicted octanol–water partition coefficient (Wildman–Crippen LogP) is 4.78. The third kappa shape index (κ3) is 3.93. The number of carbonyl (C=O) groups is 1. The second-order valence-electron chi connectivity index (χ2n) is 7.43. The Bertz CT molecular complexity index is 1280. The Hall–Kier alpha value is -3.39. The molecule has 0 radical (unpaired) electrons. The summed E-state index contributed by atoms with van der Waals surface area (Å²) >= 11 is 1.38. The summed E-state index contributed by atoms with van der Waals surface area (Å²) in [5.74, 6) is 2.08. The number of aromatic nitrogens is 3. The lowest BCUT2D eigenvalue weighted by molar-refractivity contribution is 0.0784. The van der Waals surface area contributed by atoms with Crippen LogP contribution < -0.4 is 9.47 Å². The summed E-state index contributed by atoms with van der Waals surface area (Å²) in [4.78, 5) is 25.0. The largest absolute Gasteiger partial charge is 0.493 e. The first-order valence-electron chi connectivity index (χ1n) is 10.4. The van der Waals surface area contributed by atoms with Gasteiger partial charge in [0.25, 0.3) is 5.91 Å². The lowest BCUT2D eigenvalue weighted by Crippen LogP contribution is -2.27. The molecule has 1 amide bonds. The molecule has 2 aromatic carbocycles. The number of amides is 1. The average molecular weight is 451 g/mol. The molecule has 0 atom stereocenters. The van der Waals surface area contributed by atoms with Gasteiger partial charge in [0.15, 0.2) is 11.5 Å². The maximum Gasteiger partial charge on any atom is 0.266 e. The summed E-state index contributed by atoms with van der Waals surface area (Å²) in [5.41, 5.74) is 3.61. The number of ether oxygens (including phenoxy) is 2. The predicted molar refractivity (Wildman–Crippen MR) is 127 cm³/mol. The van der Waals surface area contributed by atoms with Gasteiger partial charge in [0.2, 0.25) is 0 Å². The van der Waals surface area contributed by atoms with Gasteiger partial charge in [-0.3, -0.25) is 4.79 Å². The van der Waals surface area contributed by atoms with Crippen LogP contribution in [0.1, 0.15) is 28.1 Å². The van der Waals surface area contributed by atoms with Gasteiger partial charge in [0, 0.05) is 19.2 Å². The normalized spacial score (nSPS) is 11.0. The molecule has 32 heavy (non-hydrogen) atoms. The number of rotatable bonds is 7. The fraction of sp³-hybridized carbons (Fsp3) is 0.292. The van der Waals surface area contributed by atoms with Crippen molar-refractivity contribution in [2.45, 2.75) is 26.9 Å². The van der Waals surface area contributed by atoms with Gasteiger partial charge in [-0.2, -0.15) is 0 Å². The van der Waals surface area contributed by atoms with Crippen LogP contribution in [0, 0.1) is 6.92 Å². The second-order valence-corrected chi connectivity index (χ2v) is 8.42. The van der Waals surface area contributed by atoms with Crippen molar-refractivity contribution in [1.82, 2.24) is 19.4 Å². The van der Waals surface area contributed by atoms with E-state index < -0.39 is 0 Å². The second kappa shape index (κ2) is 9.00. The Labute approximate surface area is 191 Å². The van der Waals surface area contributed by atoms with E-state index in [1.807, 2.05) is 43.3 Å². The topological polar surface area (TPSA) is 69.5 Å². The molecular formula is C24H26N4O3S. The van der Waals surface area contributed by atoms with E-state index in [0.717, 1.165) is 34.0 Å². The molecule has 2 heterocycles. The van der Waals surface area contributed by atoms with E-state index in [9.17, 15) is 4.79 Å². The molecule has 4 rings (SSSR count). The third-order valence-electron chi connectivity index (χ3n) is 5.40. The van der Waals surface area contributed by atoms with E-state index in [2.05, 4.69) is 22.5 Å². The number of hydrogen-bond acceptors (Lipinski definition) is 6. The smallest absolute Gasteiger partial charge is 0.266 e. The molecule has 166 valence electrons. The van der Waals surface area contributed by atoms with Gasteiger partial charge in [0.05, 0.1) is 37.5 Å². The summed E-state index contributed by atoms with van der Waals surface area (Å²) < 4.78 is 12.9. The molecule has 0 N–H and O–H groups in total. The quantitative estimate of drug-likeness (QED) is 0.405. The van der Waals surface area contributed by atoms with Crippen LogP contribution in [-0.4, -0.2) is 46.6 Å². The van der Waals surface area contributed by atoms with Crippen molar-refractivity contribution in [2.75, 3.05) is 21.3 Å². The van der Waals surface area contributed by atoms with Crippen LogP contribution in [0.2, 0.25) is 0 Å². The van der Waals surface area contributed by atoms with E-state index >= 15 is 0 Å². The number of fused-ring (bicyclic) bond motifs is 1. The Morgan fingerprint density at radius 2 is 1.84 bits per heavy atom. The van der Waals surface area contributed by atoms with Crippen LogP contribution >= 0.6 is 11.3 Å². The molecule has 0 spiro atoms. The minimum Gasteiger partial charge on any atom is -0.493 e. The molecule has 4 aromatic rings. The van der Waals surface area contributed by atoms with Crippen molar-refractivity contribution in [2.24, 2.45) is 0 Å². The Morgan fingerprint density at radius 3 is 2.56 bits per heavy atom. The fourth-order valence-electron chi connectivity index (χ4n) is 3.74. The highest BCUT2D eigenvalue weighted by molar-refractivity contribution is 7.17. The zero-order valence-electron chi connectivity index (χ0n) is 18.9. The molecule has 0 bridgehead atoms. The van der Waals surface area contributed by atoms with E-state index in [4.69, 9.17) is 14.5 Å². The SMILES string of the molecule is CCn1c(CN(C)C(=O)c2sc(-c3ccc(OC)c(OC)c3)nc2C)nc2ccccc21. The van der Waals surface area contributed by atoms with Crippen molar-refractivity contribution in [3.63, 3.8) is 0 Å².